The van der Waals surface area contributed by atoms with E-state index in [9.17, 15) is 4.79 Å². The van der Waals surface area contributed by atoms with E-state index in [1.54, 1.807) is 11.3 Å². The molecule has 0 saturated carbocycles. The average molecular weight is 325 g/mol. The lowest BCUT2D eigenvalue weighted by atomic mass is 10.1. The molecule has 1 unspecified atom stereocenters. The fraction of sp³-hybridized carbons (Fsp3) is 0.500. The Morgan fingerprint density at radius 2 is 2.19 bits per heavy atom. The van der Waals surface area contributed by atoms with Gasteiger partial charge in [0, 0.05) is 35.9 Å². The summed E-state index contributed by atoms with van der Waals surface area (Å²) in [6, 6.07) is 0. The molecular weight excluding hydrogens is 306 g/mol. The monoisotopic (exact) mass is 325 g/mol. The largest absolute Gasteiger partial charge is 0.481 e. The number of nitrogens with zero attached hydrogens (tertiary/aromatic N) is 3. The summed E-state index contributed by atoms with van der Waals surface area (Å²) in [6.07, 6.45) is 3.66. The second kappa shape index (κ2) is 7.09. The Morgan fingerprint density at radius 3 is 2.76 bits per heavy atom. The van der Waals surface area contributed by atoms with Crippen molar-refractivity contribution >= 4 is 29.1 Å². The second-order valence-electron chi connectivity index (χ2n) is 5.18. The highest BCUT2D eigenvalue weighted by Gasteiger charge is 2.18. The van der Waals surface area contributed by atoms with Gasteiger partial charge >= 0.3 is 5.97 Å². The van der Waals surface area contributed by atoms with E-state index in [1.165, 1.54) is 11.8 Å². The van der Waals surface area contributed by atoms with Crippen LogP contribution in [-0.2, 0) is 11.3 Å². The molecule has 0 bridgehead atoms. The van der Waals surface area contributed by atoms with Crippen LogP contribution in [-0.4, -0.2) is 31.4 Å². The minimum atomic E-state index is -0.825. The molecule has 114 valence electrons. The molecule has 0 saturated heterocycles. The van der Waals surface area contributed by atoms with Crippen LogP contribution in [0, 0.1) is 0 Å². The van der Waals surface area contributed by atoms with Crippen LogP contribution in [0.2, 0.25) is 0 Å². The number of hydrogen-bond acceptors (Lipinski definition) is 5. The van der Waals surface area contributed by atoms with Gasteiger partial charge in [-0.05, 0) is 5.92 Å². The fourth-order valence-electron chi connectivity index (χ4n) is 2.09. The third-order valence-corrected chi connectivity index (χ3v) is 5.08. The maximum atomic E-state index is 10.8. The molecule has 0 aliphatic carbocycles. The molecule has 0 amide bonds. The Labute approximate surface area is 132 Å². The quantitative estimate of drug-likeness (QED) is 0.790. The normalized spacial score (nSPS) is 12.8. The number of carboxylic acids is 1. The van der Waals surface area contributed by atoms with Crippen LogP contribution in [0.15, 0.2) is 22.9 Å². The zero-order valence-electron chi connectivity index (χ0n) is 12.3. The maximum Gasteiger partial charge on any atom is 0.313 e. The Balaban J connectivity index is 2.21. The molecule has 1 atom stereocenters. The third-order valence-electron chi connectivity index (χ3n) is 3.10. The lowest BCUT2D eigenvalue weighted by molar-refractivity contribution is -0.133. The van der Waals surface area contributed by atoms with Gasteiger partial charge in [-0.15, -0.1) is 11.3 Å². The molecule has 2 rings (SSSR count). The molecule has 7 heteroatoms. The van der Waals surface area contributed by atoms with Crippen molar-refractivity contribution < 1.29 is 9.90 Å². The van der Waals surface area contributed by atoms with Gasteiger partial charge < -0.3 is 9.67 Å². The summed E-state index contributed by atoms with van der Waals surface area (Å²) in [5, 5.41) is 12.7. The predicted molar refractivity (Wildman–Crippen MR) is 85.2 cm³/mol. The third kappa shape index (κ3) is 4.07. The molecule has 0 fully saturated rings. The van der Waals surface area contributed by atoms with Gasteiger partial charge in [0.15, 0.2) is 5.16 Å². The summed E-state index contributed by atoms with van der Waals surface area (Å²) >= 11 is 2.91. The number of hydrogen-bond donors (Lipinski definition) is 1. The van der Waals surface area contributed by atoms with E-state index in [0.29, 0.717) is 5.92 Å². The summed E-state index contributed by atoms with van der Waals surface area (Å²) in [6.45, 7) is 7.14. The van der Waals surface area contributed by atoms with Crippen LogP contribution in [0.3, 0.4) is 0 Å². The molecular formula is C14H19N3O2S2. The van der Waals surface area contributed by atoms with Gasteiger partial charge in [-0.3, -0.25) is 4.79 Å². The first-order chi connectivity index (χ1) is 9.99. The summed E-state index contributed by atoms with van der Waals surface area (Å²) in [5.41, 5.74) is 1.13. The van der Waals surface area contributed by atoms with Crippen LogP contribution in [0.1, 0.15) is 43.3 Å². The number of aromatic nitrogens is 3. The Hall–Kier alpha value is -1.34. The number of carbonyl (C=O) groups is 1. The van der Waals surface area contributed by atoms with Gasteiger partial charge in [-0.1, -0.05) is 32.5 Å². The zero-order valence-corrected chi connectivity index (χ0v) is 13.9. The van der Waals surface area contributed by atoms with Crippen LogP contribution >= 0.6 is 23.1 Å². The molecule has 0 aromatic carbocycles. The lowest BCUT2D eigenvalue weighted by Gasteiger charge is -2.16. The van der Waals surface area contributed by atoms with Crippen molar-refractivity contribution in [2.75, 3.05) is 5.75 Å². The first kappa shape index (κ1) is 16.0. The van der Waals surface area contributed by atoms with Gasteiger partial charge in [0.2, 0.25) is 0 Å². The van der Waals surface area contributed by atoms with E-state index in [4.69, 9.17) is 5.11 Å². The second-order valence-corrected chi connectivity index (χ2v) is 7.05. The van der Waals surface area contributed by atoms with E-state index in [-0.39, 0.29) is 11.7 Å². The van der Waals surface area contributed by atoms with Crippen LogP contribution in [0.5, 0.6) is 0 Å². The Bertz CT molecular complexity index is 593. The Kier molecular flexibility index (Phi) is 5.41. The van der Waals surface area contributed by atoms with Gasteiger partial charge in [-0.2, -0.15) is 0 Å². The first-order valence-corrected chi connectivity index (χ1v) is 8.65. The summed E-state index contributed by atoms with van der Waals surface area (Å²) in [5.74, 6) is -0.171. The zero-order chi connectivity index (χ0) is 15.4. The number of thioether (sulfide) groups is 1. The number of rotatable bonds is 7. The topological polar surface area (TPSA) is 68.0 Å². The number of aliphatic carboxylic acids is 1. The molecule has 5 nitrogen and oxygen atoms in total. The molecule has 0 aliphatic rings. The van der Waals surface area contributed by atoms with Gasteiger partial charge in [0.1, 0.15) is 0 Å². The fourth-order valence-corrected chi connectivity index (χ4v) is 3.49. The molecule has 2 aromatic heterocycles. The minimum Gasteiger partial charge on any atom is -0.481 e. The van der Waals surface area contributed by atoms with Gasteiger partial charge in [0.05, 0.1) is 10.8 Å². The summed E-state index contributed by atoms with van der Waals surface area (Å²) < 4.78 is 2.13. The highest BCUT2D eigenvalue weighted by molar-refractivity contribution is 7.99. The predicted octanol–water partition coefficient (Wildman–Crippen LogP) is 3.44. The number of carboxylic acid groups (broad SMARTS) is 1. The van der Waals surface area contributed by atoms with E-state index >= 15 is 0 Å². The standard InChI is InChI=1S/C14H19N3O2S2/c1-9(2)11-6-16-14(21-8-12(18)19)17(11)7-10(3)13-15-4-5-20-13/h4-6,9-10H,7-8H2,1-3H3,(H,18,19). The molecule has 0 aliphatic heterocycles. The van der Waals surface area contributed by atoms with Crippen molar-refractivity contribution in [1.82, 2.24) is 14.5 Å². The van der Waals surface area contributed by atoms with Crippen LogP contribution in [0.4, 0.5) is 0 Å². The van der Waals surface area contributed by atoms with Crippen molar-refractivity contribution in [3.8, 4) is 0 Å². The minimum absolute atomic E-state index is 0.0280. The Morgan fingerprint density at radius 1 is 1.43 bits per heavy atom. The van der Waals surface area contributed by atoms with Gasteiger partial charge in [-0.25, -0.2) is 9.97 Å². The van der Waals surface area contributed by atoms with Crippen molar-refractivity contribution in [3.63, 3.8) is 0 Å². The molecule has 0 spiro atoms. The molecule has 21 heavy (non-hydrogen) atoms. The molecule has 0 radical (unpaired) electrons. The maximum absolute atomic E-state index is 10.8. The van der Waals surface area contributed by atoms with Crippen molar-refractivity contribution in [2.45, 2.75) is 44.3 Å². The molecule has 2 aromatic rings. The highest BCUT2D eigenvalue weighted by atomic mass is 32.2. The van der Waals surface area contributed by atoms with Crippen molar-refractivity contribution in [2.24, 2.45) is 0 Å². The lowest BCUT2D eigenvalue weighted by Crippen LogP contribution is -2.12. The summed E-state index contributed by atoms with van der Waals surface area (Å²) in [7, 11) is 0. The van der Waals surface area contributed by atoms with Crippen LogP contribution < -0.4 is 0 Å². The average Bonchev–Trinajstić information content (AvgIpc) is 3.05. The van der Waals surface area contributed by atoms with E-state index in [2.05, 4.69) is 35.3 Å². The van der Waals surface area contributed by atoms with Crippen LogP contribution in [0.25, 0.3) is 0 Å². The summed E-state index contributed by atoms with van der Waals surface area (Å²) in [4.78, 5) is 19.5. The van der Waals surface area contributed by atoms with E-state index in [1.807, 2.05) is 17.8 Å². The van der Waals surface area contributed by atoms with E-state index in [0.717, 1.165) is 22.4 Å². The molecule has 1 N–H and O–H groups in total. The number of imidazole rings is 1. The highest BCUT2D eigenvalue weighted by Crippen LogP contribution is 2.27. The SMILES string of the molecule is CC(C)c1cnc(SCC(=O)O)n1CC(C)c1nccs1. The van der Waals surface area contributed by atoms with Crippen molar-refractivity contribution in [1.29, 1.82) is 0 Å². The number of thiazole rings is 1. The first-order valence-electron chi connectivity index (χ1n) is 6.78. The van der Waals surface area contributed by atoms with Gasteiger partial charge in [0.25, 0.3) is 0 Å². The van der Waals surface area contributed by atoms with E-state index < -0.39 is 5.97 Å². The smallest absolute Gasteiger partial charge is 0.313 e. The molecule has 2 heterocycles. The van der Waals surface area contributed by atoms with Crippen molar-refractivity contribution in [3.05, 3.63) is 28.5 Å².